The van der Waals surface area contributed by atoms with E-state index in [1.54, 1.807) is 17.7 Å². The number of thiophene rings is 1. The van der Waals surface area contributed by atoms with E-state index in [1.807, 2.05) is 0 Å². The van der Waals surface area contributed by atoms with Gasteiger partial charge in [-0.15, -0.1) is 11.3 Å². The summed E-state index contributed by atoms with van der Waals surface area (Å²) in [7, 11) is 0. The van der Waals surface area contributed by atoms with Crippen molar-refractivity contribution in [1.29, 1.82) is 0 Å². The quantitative estimate of drug-likeness (QED) is 0.844. The third-order valence-electron chi connectivity index (χ3n) is 3.21. The Morgan fingerprint density at radius 2 is 2.15 bits per heavy atom. The van der Waals surface area contributed by atoms with Crippen LogP contribution in [0.3, 0.4) is 0 Å². The number of aromatic nitrogens is 2. The summed E-state index contributed by atoms with van der Waals surface area (Å²) in [6.45, 7) is 9.18. The minimum Gasteiger partial charge on any atom is -0.370 e. The van der Waals surface area contributed by atoms with Crippen LogP contribution in [-0.4, -0.2) is 23.1 Å². The van der Waals surface area contributed by atoms with Crippen LogP contribution in [0.1, 0.15) is 30.7 Å². The predicted octanol–water partition coefficient (Wildman–Crippen LogP) is 3.69. The first-order chi connectivity index (χ1) is 9.76. The van der Waals surface area contributed by atoms with Crippen LogP contribution in [0.4, 0.5) is 11.6 Å². The monoisotopic (exact) mass is 290 g/mol. The molecule has 0 spiro atoms. The van der Waals surface area contributed by atoms with Crippen LogP contribution in [-0.2, 0) is 6.54 Å². The number of anilines is 2. The van der Waals surface area contributed by atoms with Gasteiger partial charge in [0.25, 0.3) is 0 Å². The summed E-state index contributed by atoms with van der Waals surface area (Å²) in [6, 6.07) is 4.26. The number of hydrogen-bond donors (Lipinski definition) is 1. The average Bonchev–Trinajstić information content (AvgIpc) is 2.97. The van der Waals surface area contributed by atoms with Gasteiger partial charge in [0.15, 0.2) is 0 Å². The van der Waals surface area contributed by atoms with Crippen LogP contribution in [0.25, 0.3) is 0 Å². The van der Waals surface area contributed by atoms with Gasteiger partial charge in [0.05, 0.1) is 6.54 Å². The van der Waals surface area contributed by atoms with Crippen molar-refractivity contribution in [3.05, 3.63) is 34.3 Å². The van der Waals surface area contributed by atoms with Gasteiger partial charge in [-0.25, -0.2) is 9.97 Å². The molecule has 2 aromatic heterocycles. The van der Waals surface area contributed by atoms with E-state index in [4.69, 9.17) is 0 Å². The lowest BCUT2D eigenvalue weighted by atomic mass is 10.2. The maximum atomic E-state index is 4.48. The van der Waals surface area contributed by atoms with Gasteiger partial charge in [0.2, 0.25) is 0 Å². The molecule has 2 aromatic rings. The van der Waals surface area contributed by atoms with E-state index in [-0.39, 0.29) is 0 Å². The highest BCUT2D eigenvalue weighted by atomic mass is 32.1. The van der Waals surface area contributed by atoms with Crippen molar-refractivity contribution in [2.24, 2.45) is 0 Å². The molecule has 0 aromatic carbocycles. The fourth-order valence-corrected chi connectivity index (χ4v) is 2.83. The van der Waals surface area contributed by atoms with E-state index in [0.29, 0.717) is 0 Å². The molecule has 0 aliphatic heterocycles. The molecule has 0 saturated carbocycles. The molecule has 2 heterocycles. The second-order valence-electron chi connectivity index (χ2n) is 4.69. The van der Waals surface area contributed by atoms with E-state index in [0.717, 1.165) is 43.3 Å². The molecule has 20 heavy (non-hydrogen) atoms. The molecule has 0 amide bonds. The Morgan fingerprint density at radius 3 is 2.80 bits per heavy atom. The van der Waals surface area contributed by atoms with Crippen molar-refractivity contribution in [2.75, 3.05) is 23.3 Å². The van der Waals surface area contributed by atoms with Crippen LogP contribution >= 0.6 is 11.3 Å². The summed E-state index contributed by atoms with van der Waals surface area (Å²) in [5.74, 6) is 1.97. The normalized spacial score (nSPS) is 10.6. The molecule has 0 bridgehead atoms. The first kappa shape index (κ1) is 14.8. The molecule has 0 unspecified atom stereocenters. The van der Waals surface area contributed by atoms with Crippen LogP contribution < -0.4 is 10.2 Å². The lowest BCUT2D eigenvalue weighted by molar-refractivity contribution is 0.812. The van der Waals surface area contributed by atoms with Crippen LogP contribution in [0, 0.1) is 6.92 Å². The minimum atomic E-state index is 0.902. The molecule has 2 rings (SSSR count). The van der Waals surface area contributed by atoms with Crippen LogP contribution in [0.15, 0.2) is 23.8 Å². The molecule has 5 heteroatoms. The zero-order valence-electron chi connectivity index (χ0n) is 12.4. The summed E-state index contributed by atoms with van der Waals surface area (Å²) in [5.41, 5.74) is 1.12. The van der Waals surface area contributed by atoms with Gasteiger partial charge in [0.1, 0.15) is 18.0 Å². The molecular formula is C15H22N4S. The molecule has 0 aliphatic rings. The molecule has 0 aliphatic carbocycles. The van der Waals surface area contributed by atoms with Gasteiger partial charge in [0, 0.05) is 23.5 Å². The summed E-state index contributed by atoms with van der Waals surface area (Å²) >= 11 is 1.78. The van der Waals surface area contributed by atoms with Gasteiger partial charge < -0.3 is 10.2 Å². The highest BCUT2D eigenvalue weighted by Gasteiger charge is 2.13. The maximum absolute atomic E-state index is 4.48. The highest BCUT2D eigenvalue weighted by molar-refractivity contribution is 7.09. The van der Waals surface area contributed by atoms with Crippen molar-refractivity contribution in [3.63, 3.8) is 0 Å². The Labute approximate surface area is 124 Å². The third-order valence-corrected chi connectivity index (χ3v) is 4.07. The summed E-state index contributed by atoms with van der Waals surface area (Å²) in [6.07, 6.45) is 2.74. The maximum Gasteiger partial charge on any atom is 0.137 e. The fourth-order valence-electron chi connectivity index (χ4n) is 2.11. The molecule has 0 atom stereocenters. The molecule has 0 saturated heterocycles. The van der Waals surface area contributed by atoms with E-state index in [1.165, 1.54) is 4.88 Å². The van der Waals surface area contributed by atoms with Gasteiger partial charge in [-0.05, 0) is 31.7 Å². The summed E-state index contributed by atoms with van der Waals surface area (Å²) in [5, 5.41) is 5.48. The summed E-state index contributed by atoms with van der Waals surface area (Å²) < 4.78 is 0. The topological polar surface area (TPSA) is 41.1 Å². The van der Waals surface area contributed by atoms with Crippen molar-refractivity contribution in [1.82, 2.24) is 9.97 Å². The second-order valence-corrected chi connectivity index (χ2v) is 5.72. The van der Waals surface area contributed by atoms with Crippen molar-refractivity contribution >= 4 is 23.0 Å². The lowest BCUT2D eigenvalue weighted by Crippen LogP contribution is -2.24. The van der Waals surface area contributed by atoms with Gasteiger partial charge >= 0.3 is 0 Å². The SMILES string of the molecule is CCCNc1ncnc(N(CC)Cc2cccs2)c1C. The third kappa shape index (κ3) is 3.48. The average molecular weight is 290 g/mol. The number of rotatable bonds is 7. The molecular weight excluding hydrogens is 268 g/mol. The first-order valence-corrected chi connectivity index (χ1v) is 7.97. The zero-order chi connectivity index (χ0) is 14.4. The number of nitrogens with zero attached hydrogens (tertiary/aromatic N) is 3. The number of nitrogens with one attached hydrogen (secondary N) is 1. The minimum absolute atomic E-state index is 0.902. The Balaban J connectivity index is 2.20. The smallest absolute Gasteiger partial charge is 0.137 e. The molecule has 4 nitrogen and oxygen atoms in total. The Bertz CT molecular complexity index is 525. The standard InChI is InChI=1S/C15H22N4S/c1-4-8-16-14-12(3)15(18-11-17-14)19(5-2)10-13-7-6-9-20-13/h6-7,9,11H,4-5,8,10H2,1-3H3,(H,16,17,18). The first-order valence-electron chi connectivity index (χ1n) is 7.09. The highest BCUT2D eigenvalue weighted by Crippen LogP contribution is 2.24. The lowest BCUT2D eigenvalue weighted by Gasteiger charge is -2.23. The second kappa shape index (κ2) is 7.24. The van der Waals surface area contributed by atoms with E-state index < -0.39 is 0 Å². The van der Waals surface area contributed by atoms with Crippen LogP contribution in [0.5, 0.6) is 0 Å². The van der Waals surface area contributed by atoms with E-state index in [9.17, 15) is 0 Å². The zero-order valence-corrected chi connectivity index (χ0v) is 13.2. The van der Waals surface area contributed by atoms with E-state index >= 15 is 0 Å². The molecule has 1 N–H and O–H groups in total. The largest absolute Gasteiger partial charge is 0.370 e. The van der Waals surface area contributed by atoms with Gasteiger partial charge in [-0.1, -0.05) is 13.0 Å². The van der Waals surface area contributed by atoms with Gasteiger partial charge in [-0.3, -0.25) is 0 Å². The predicted molar refractivity (Wildman–Crippen MR) is 86.6 cm³/mol. The fraction of sp³-hybridized carbons (Fsp3) is 0.467. The molecule has 0 fully saturated rings. The van der Waals surface area contributed by atoms with E-state index in [2.05, 4.69) is 58.5 Å². The van der Waals surface area contributed by atoms with Crippen molar-refractivity contribution in [2.45, 2.75) is 33.7 Å². The Hall–Kier alpha value is -1.62. The molecule has 0 radical (unpaired) electrons. The van der Waals surface area contributed by atoms with Gasteiger partial charge in [-0.2, -0.15) is 0 Å². The van der Waals surface area contributed by atoms with Crippen LogP contribution in [0.2, 0.25) is 0 Å². The number of hydrogen-bond acceptors (Lipinski definition) is 5. The summed E-state index contributed by atoms with van der Waals surface area (Å²) in [4.78, 5) is 12.5. The van der Waals surface area contributed by atoms with Crippen molar-refractivity contribution < 1.29 is 0 Å². The molecule has 108 valence electrons. The van der Waals surface area contributed by atoms with Crippen molar-refractivity contribution in [3.8, 4) is 0 Å². The Morgan fingerprint density at radius 1 is 1.30 bits per heavy atom. The Kier molecular flexibility index (Phi) is 5.35.